The first kappa shape index (κ1) is 37.1. The van der Waals surface area contributed by atoms with Gasteiger partial charge in [-0.25, -0.2) is 18.4 Å². The van der Waals surface area contributed by atoms with Crippen molar-refractivity contribution >= 4 is 33.1 Å². The van der Waals surface area contributed by atoms with Crippen LogP contribution in [0.1, 0.15) is 21.5 Å². The molecule has 3 aliphatic rings. The first-order valence-electron chi connectivity index (χ1n) is 15.8. The van der Waals surface area contributed by atoms with Gasteiger partial charge in [-0.05, 0) is 42.5 Å². The van der Waals surface area contributed by atoms with Gasteiger partial charge < -0.3 is 29.7 Å². The smallest absolute Gasteiger partial charge is 0.378 e. The number of anilines is 3. The monoisotopic (exact) mass is 729 g/mol. The molecular weight excluding hydrogens is 692 g/mol. The zero-order valence-corrected chi connectivity index (χ0v) is 28.0. The maximum atomic E-state index is 13.5. The highest BCUT2D eigenvalue weighted by Crippen LogP contribution is 2.32. The Bertz CT molecular complexity index is 1740. The second-order valence-corrected chi connectivity index (χ2v) is 13.9. The summed E-state index contributed by atoms with van der Waals surface area (Å²) in [5, 5.41) is 3.14. The van der Waals surface area contributed by atoms with E-state index in [1.165, 1.54) is 18.3 Å². The van der Waals surface area contributed by atoms with E-state index in [-0.39, 0.29) is 35.3 Å². The number of hydrogen-bond acceptors (Lipinski definition) is 10. The third kappa shape index (κ3) is 9.33. The van der Waals surface area contributed by atoms with E-state index in [4.69, 9.17) is 4.74 Å². The molecule has 3 aromatic rings. The summed E-state index contributed by atoms with van der Waals surface area (Å²) in [6.07, 6.45) is -5.34. The number of ether oxygens (including phenoxy) is 1. The number of sulfone groups is 1. The van der Waals surface area contributed by atoms with Gasteiger partial charge in [0.25, 0.3) is 5.91 Å². The number of halogens is 6. The number of rotatable bonds is 5. The Balaban J connectivity index is 0.000000253. The number of carbonyl (C=O) groups excluding carboxylic acids is 1. The van der Waals surface area contributed by atoms with Crippen molar-refractivity contribution in [1.82, 2.24) is 20.2 Å². The lowest BCUT2D eigenvalue weighted by molar-refractivity contribution is -0.138. The topological polar surface area (TPSA) is 111 Å². The van der Waals surface area contributed by atoms with Gasteiger partial charge in [0.1, 0.15) is 11.6 Å². The number of alkyl halides is 6. The highest BCUT2D eigenvalue weighted by molar-refractivity contribution is 7.90. The predicted molar refractivity (Wildman–Crippen MR) is 174 cm³/mol. The fourth-order valence-corrected chi connectivity index (χ4v) is 6.38. The number of benzene rings is 1. The molecule has 2 aromatic heterocycles. The molecule has 50 heavy (non-hydrogen) atoms. The van der Waals surface area contributed by atoms with Gasteiger partial charge in [0.15, 0.2) is 9.84 Å². The normalized spacial score (nSPS) is 17.7. The van der Waals surface area contributed by atoms with Crippen molar-refractivity contribution in [2.45, 2.75) is 17.2 Å². The summed E-state index contributed by atoms with van der Waals surface area (Å²) in [6, 6.07) is 8.57. The maximum absolute atomic E-state index is 13.5. The summed E-state index contributed by atoms with van der Waals surface area (Å²) >= 11 is 0. The fraction of sp³-hybridized carbons (Fsp3) is 0.469. The van der Waals surface area contributed by atoms with Gasteiger partial charge in [-0.15, -0.1) is 0 Å². The van der Waals surface area contributed by atoms with E-state index in [1.807, 2.05) is 9.80 Å². The van der Waals surface area contributed by atoms with Crippen LogP contribution in [0.3, 0.4) is 0 Å². The van der Waals surface area contributed by atoms with Gasteiger partial charge in [-0.3, -0.25) is 4.79 Å². The van der Waals surface area contributed by atoms with Crippen molar-refractivity contribution < 1.29 is 44.3 Å². The average molecular weight is 730 g/mol. The van der Waals surface area contributed by atoms with Crippen molar-refractivity contribution in [1.29, 1.82) is 0 Å². The molecular formula is C32H37F6N7O4S. The van der Waals surface area contributed by atoms with Crippen LogP contribution < -0.4 is 20.0 Å². The first-order chi connectivity index (χ1) is 23.6. The molecule has 0 atom stereocenters. The molecule has 1 amide bonds. The summed E-state index contributed by atoms with van der Waals surface area (Å²) in [7, 11) is -3.52. The third-order valence-corrected chi connectivity index (χ3v) is 9.57. The van der Waals surface area contributed by atoms with Gasteiger partial charge in [0.05, 0.1) is 34.8 Å². The first-order valence-corrected chi connectivity index (χ1v) is 17.7. The highest BCUT2D eigenvalue weighted by atomic mass is 32.2. The van der Waals surface area contributed by atoms with Crippen molar-refractivity contribution in [3.8, 4) is 0 Å². The number of nitrogens with zero attached hydrogens (tertiary/aromatic N) is 6. The number of aromatic nitrogens is 2. The third-order valence-electron chi connectivity index (χ3n) is 8.46. The zero-order valence-electron chi connectivity index (χ0n) is 27.2. The van der Waals surface area contributed by atoms with Crippen molar-refractivity contribution in [3.05, 3.63) is 71.5 Å². The van der Waals surface area contributed by atoms with Crippen LogP contribution in [0.25, 0.3) is 0 Å². The average Bonchev–Trinajstić information content (AvgIpc) is 3.11. The van der Waals surface area contributed by atoms with Crippen molar-refractivity contribution in [2.24, 2.45) is 0 Å². The number of morpholine rings is 1. The van der Waals surface area contributed by atoms with Crippen molar-refractivity contribution in [3.63, 3.8) is 0 Å². The largest absolute Gasteiger partial charge is 0.416 e. The molecule has 6 rings (SSSR count). The molecule has 0 spiro atoms. The molecule has 1 N–H and O–H groups in total. The van der Waals surface area contributed by atoms with Gasteiger partial charge in [-0.2, -0.15) is 26.3 Å². The molecule has 1 aromatic carbocycles. The van der Waals surface area contributed by atoms with Gasteiger partial charge in [0, 0.05) is 89.8 Å². The second-order valence-electron chi connectivity index (χ2n) is 11.9. The molecule has 3 saturated heterocycles. The van der Waals surface area contributed by atoms with Gasteiger partial charge in [0.2, 0.25) is 0 Å². The zero-order chi connectivity index (χ0) is 36.1. The SMILES string of the molecule is CS(=O)(=O)c1ccc(N2CCOCC2)c(C(=O)N2CCN(c3cc(C(F)(F)F)ccn3)CC2)c1.FC(F)(F)c1ccnc(N2CCNCC2)c1. The summed E-state index contributed by atoms with van der Waals surface area (Å²) in [4.78, 5) is 28.7. The van der Waals surface area contributed by atoms with Crippen LogP contribution in [0.15, 0.2) is 59.8 Å². The Labute approximate surface area is 285 Å². The molecule has 272 valence electrons. The molecule has 3 aliphatic heterocycles. The molecule has 0 aliphatic carbocycles. The minimum atomic E-state index is -4.46. The van der Waals surface area contributed by atoms with Gasteiger partial charge in [-0.1, -0.05) is 0 Å². The van der Waals surface area contributed by atoms with Crippen LogP contribution in [0.2, 0.25) is 0 Å². The molecule has 0 saturated carbocycles. The van der Waals surface area contributed by atoms with E-state index in [0.29, 0.717) is 64.0 Å². The minimum Gasteiger partial charge on any atom is -0.378 e. The molecule has 18 heteroatoms. The molecule has 0 radical (unpaired) electrons. The second kappa shape index (κ2) is 15.4. The Morgan fingerprint density at radius 3 is 1.74 bits per heavy atom. The molecule has 0 unspecified atom stereocenters. The van der Waals surface area contributed by atoms with Crippen LogP contribution in [0.4, 0.5) is 43.7 Å². The summed E-state index contributed by atoms with van der Waals surface area (Å²) in [6.45, 7) is 6.23. The molecule has 0 bridgehead atoms. The number of piperazine rings is 2. The Kier molecular flexibility index (Phi) is 11.4. The van der Waals surface area contributed by atoms with E-state index >= 15 is 0 Å². The summed E-state index contributed by atoms with van der Waals surface area (Å²) < 4.78 is 106. The fourth-order valence-electron chi connectivity index (χ4n) is 5.74. The number of amides is 1. The standard InChI is InChI=1S/C22H25F3N4O4S.C10H12F3N3/c1-34(31,32)17-2-3-19(27-10-12-33-13-11-27)18(15-17)21(30)29-8-6-28(7-9-29)20-14-16(4-5-26-20)22(23,24)25;11-10(12,13)8-1-2-15-9(7-8)16-5-3-14-4-6-16/h2-5,14-15H,6-13H2,1H3;1-2,7,14H,3-6H2. The van der Waals surface area contributed by atoms with E-state index in [1.54, 1.807) is 15.9 Å². The van der Waals surface area contributed by atoms with E-state index in [2.05, 4.69) is 15.3 Å². The molecule has 3 fully saturated rings. The van der Waals surface area contributed by atoms with E-state index in [0.717, 1.165) is 49.8 Å². The van der Waals surface area contributed by atoms with E-state index in [9.17, 15) is 39.6 Å². The number of pyridine rings is 2. The number of nitrogens with one attached hydrogen (secondary N) is 1. The lowest BCUT2D eigenvalue weighted by Crippen LogP contribution is -2.49. The number of carbonyl (C=O) groups is 1. The van der Waals surface area contributed by atoms with Crippen LogP contribution in [0, 0.1) is 0 Å². The quantitative estimate of drug-likeness (QED) is 0.390. The highest BCUT2D eigenvalue weighted by Gasteiger charge is 2.33. The minimum absolute atomic E-state index is 0.0552. The maximum Gasteiger partial charge on any atom is 0.416 e. The van der Waals surface area contributed by atoms with Crippen LogP contribution in [-0.4, -0.2) is 114 Å². The van der Waals surface area contributed by atoms with Crippen LogP contribution >= 0.6 is 0 Å². The lowest BCUT2D eigenvalue weighted by atomic mass is 10.1. The Hall–Kier alpha value is -4.16. The summed E-state index contributed by atoms with van der Waals surface area (Å²) in [5.74, 6) is 0.287. The van der Waals surface area contributed by atoms with Crippen LogP contribution in [-0.2, 0) is 26.9 Å². The van der Waals surface area contributed by atoms with Crippen molar-refractivity contribution in [2.75, 3.05) is 99.6 Å². The lowest BCUT2D eigenvalue weighted by Gasteiger charge is -2.37. The number of hydrogen-bond donors (Lipinski definition) is 1. The Morgan fingerprint density at radius 2 is 1.24 bits per heavy atom. The van der Waals surface area contributed by atoms with Gasteiger partial charge >= 0.3 is 12.4 Å². The summed E-state index contributed by atoms with van der Waals surface area (Å²) in [5.41, 5.74) is -0.488. The Morgan fingerprint density at radius 1 is 0.720 bits per heavy atom. The van der Waals surface area contributed by atoms with Crippen LogP contribution in [0.5, 0.6) is 0 Å². The van der Waals surface area contributed by atoms with E-state index < -0.39 is 33.3 Å². The molecule has 5 heterocycles. The molecule has 11 nitrogen and oxygen atoms in total. The predicted octanol–water partition coefficient (Wildman–Crippen LogP) is 3.81.